The minimum atomic E-state index is -3.23. The van der Waals surface area contributed by atoms with E-state index in [0.717, 1.165) is 24.9 Å². The molecule has 1 unspecified atom stereocenters. The fourth-order valence-electron chi connectivity index (χ4n) is 1.35. The molecule has 0 spiro atoms. The average Bonchev–Trinajstić information content (AvgIpc) is 2.25. The standard InChI is InChI=1S/C12H20N2O2S/c1-4-10(2)9-13-11-7-5-6-8-12(11)14-17(3,15)16/h5-8,10,13-14H,4,9H2,1-3H3. The van der Waals surface area contributed by atoms with Crippen LogP contribution < -0.4 is 10.0 Å². The van der Waals surface area contributed by atoms with Gasteiger partial charge in [-0.05, 0) is 18.1 Å². The van der Waals surface area contributed by atoms with Gasteiger partial charge in [-0.2, -0.15) is 0 Å². The highest BCUT2D eigenvalue weighted by Gasteiger charge is 2.07. The van der Waals surface area contributed by atoms with Crippen molar-refractivity contribution in [2.24, 2.45) is 5.92 Å². The third kappa shape index (κ3) is 5.08. The van der Waals surface area contributed by atoms with Gasteiger partial charge in [0.25, 0.3) is 0 Å². The smallest absolute Gasteiger partial charge is 0.229 e. The Labute approximate surface area is 103 Å². The molecule has 0 aromatic heterocycles. The van der Waals surface area contributed by atoms with Crippen LogP contribution in [-0.4, -0.2) is 21.2 Å². The molecule has 1 aromatic rings. The summed E-state index contributed by atoms with van der Waals surface area (Å²) in [5, 5.41) is 3.26. The van der Waals surface area contributed by atoms with Crippen molar-refractivity contribution in [3.8, 4) is 0 Å². The van der Waals surface area contributed by atoms with E-state index in [2.05, 4.69) is 23.9 Å². The van der Waals surface area contributed by atoms with Crippen LogP contribution in [-0.2, 0) is 10.0 Å². The van der Waals surface area contributed by atoms with Gasteiger partial charge in [0, 0.05) is 6.54 Å². The van der Waals surface area contributed by atoms with Crippen LogP contribution in [0.5, 0.6) is 0 Å². The zero-order valence-electron chi connectivity index (χ0n) is 10.5. The van der Waals surface area contributed by atoms with Crippen molar-refractivity contribution < 1.29 is 8.42 Å². The first-order valence-corrected chi connectivity index (χ1v) is 7.62. The molecule has 1 aromatic carbocycles. The first-order chi connectivity index (χ1) is 7.92. The van der Waals surface area contributed by atoms with Gasteiger partial charge in [0.15, 0.2) is 0 Å². The molecule has 0 aliphatic rings. The van der Waals surface area contributed by atoms with E-state index in [0.29, 0.717) is 11.6 Å². The van der Waals surface area contributed by atoms with Gasteiger partial charge in [-0.1, -0.05) is 32.4 Å². The molecule has 0 aliphatic heterocycles. The number of hydrogen-bond donors (Lipinski definition) is 2. The number of benzene rings is 1. The van der Waals surface area contributed by atoms with E-state index in [4.69, 9.17) is 0 Å². The lowest BCUT2D eigenvalue weighted by Crippen LogP contribution is -2.14. The number of para-hydroxylation sites is 2. The monoisotopic (exact) mass is 256 g/mol. The van der Waals surface area contributed by atoms with E-state index in [1.54, 1.807) is 6.07 Å². The van der Waals surface area contributed by atoms with E-state index in [1.165, 1.54) is 0 Å². The summed E-state index contributed by atoms with van der Waals surface area (Å²) < 4.78 is 24.9. The molecule has 0 saturated carbocycles. The van der Waals surface area contributed by atoms with Crippen LogP contribution in [0.4, 0.5) is 11.4 Å². The Balaban J connectivity index is 2.78. The number of hydrogen-bond acceptors (Lipinski definition) is 3. The van der Waals surface area contributed by atoms with Crippen LogP contribution in [0.2, 0.25) is 0 Å². The van der Waals surface area contributed by atoms with E-state index >= 15 is 0 Å². The number of rotatable bonds is 6. The van der Waals surface area contributed by atoms with Crippen molar-refractivity contribution in [3.63, 3.8) is 0 Å². The van der Waals surface area contributed by atoms with Crippen LogP contribution in [0.15, 0.2) is 24.3 Å². The lowest BCUT2D eigenvalue weighted by molar-refractivity contribution is 0.593. The van der Waals surface area contributed by atoms with Crippen molar-refractivity contribution in [3.05, 3.63) is 24.3 Å². The second-order valence-corrected chi connectivity index (χ2v) is 6.06. The maximum Gasteiger partial charge on any atom is 0.229 e. The second-order valence-electron chi connectivity index (χ2n) is 4.31. The predicted octanol–water partition coefficient (Wildman–Crippen LogP) is 2.52. The number of anilines is 2. The molecule has 1 rings (SSSR count). The van der Waals surface area contributed by atoms with E-state index < -0.39 is 10.0 Å². The normalized spacial score (nSPS) is 13.1. The molecule has 17 heavy (non-hydrogen) atoms. The lowest BCUT2D eigenvalue weighted by Gasteiger charge is -2.15. The summed E-state index contributed by atoms with van der Waals surface area (Å²) in [7, 11) is -3.23. The molecule has 0 heterocycles. The molecule has 0 aliphatic carbocycles. The average molecular weight is 256 g/mol. The molecule has 0 saturated heterocycles. The third-order valence-electron chi connectivity index (χ3n) is 2.56. The Bertz CT molecular complexity index is 457. The quantitative estimate of drug-likeness (QED) is 0.822. The highest BCUT2D eigenvalue weighted by Crippen LogP contribution is 2.22. The zero-order chi connectivity index (χ0) is 12.9. The molecular weight excluding hydrogens is 236 g/mol. The highest BCUT2D eigenvalue weighted by molar-refractivity contribution is 7.92. The Hall–Kier alpha value is -1.23. The molecule has 4 nitrogen and oxygen atoms in total. The van der Waals surface area contributed by atoms with Crippen LogP contribution in [0.25, 0.3) is 0 Å². The lowest BCUT2D eigenvalue weighted by atomic mass is 10.1. The maximum absolute atomic E-state index is 11.2. The highest BCUT2D eigenvalue weighted by atomic mass is 32.2. The van der Waals surface area contributed by atoms with Crippen LogP contribution in [0.3, 0.4) is 0 Å². The molecule has 0 bridgehead atoms. The summed E-state index contributed by atoms with van der Waals surface area (Å²) in [5.74, 6) is 0.557. The molecule has 0 amide bonds. The van der Waals surface area contributed by atoms with Gasteiger partial charge in [-0.25, -0.2) is 8.42 Å². The Morgan fingerprint density at radius 2 is 1.82 bits per heavy atom. The maximum atomic E-state index is 11.2. The summed E-state index contributed by atoms with van der Waals surface area (Å²) in [5.41, 5.74) is 1.41. The van der Waals surface area contributed by atoms with Crippen molar-refractivity contribution in [1.82, 2.24) is 0 Å². The SMILES string of the molecule is CCC(C)CNc1ccccc1NS(C)(=O)=O. The summed E-state index contributed by atoms with van der Waals surface area (Å²) >= 11 is 0. The fraction of sp³-hybridized carbons (Fsp3) is 0.500. The molecule has 96 valence electrons. The zero-order valence-corrected chi connectivity index (χ0v) is 11.3. The first-order valence-electron chi connectivity index (χ1n) is 5.73. The van der Waals surface area contributed by atoms with E-state index in [1.807, 2.05) is 18.2 Å². The van der Waals surface area contributed by atoms with Crippen molar-refractivity contribution >= 4 is 21.4 Å². The third-order valence-corrected chi connectivity index (χ3v) is 3.15. The van der Waals surface area contributed by atoms with Crippen molar-refractivity contribution in [2.75, 3.05) is 22.8 Å². The van der Waals surface area contributed by atoms with E-state index in [-0.39, 0.29) is 0 Å². The Morgan fingerprint density at radius 1 is 1.24 bits per heavy atom. The van der Waals surface area contributed by atoms with Gasteiger partial charge in [0.05, 0.1) is 17.6 Å². The second kappa shape index (κ2) is 5.91. The molecule has 0 radical (unpaired) electrons. The van der Waals surface area contributed by atoms with Crippen molar-refractivity contribution in [1.29, 1.82) is 0 Å². The largest absolute Gasteiger partial charge is 0.383 e. The minimum absolute atomic E-state index is 0.557. The Morgan fingerprint density at radius 3 is 2.35 bits per heavy atom. The topological polar surface area (TPSA) is 58.2 Å². The predicted molar refractivity (Wildman–Crippen MR) is 72.9 cm³/mol. The van der Waals surface area contributed by atoms with Crippen LogP contribution in [0.1, 0.15) is 20.3 Å². The number of nitrogens with one attached hydrogen (secondary N) is 2. The first kappa shape index (κ1) is 13.8. The molecule has 0 fully saturated rings. The van der Waals surface area contributed by atoms with Crippen LogP contribution >= 0.6 is 0 Å². The van der Waals surface area contributed by atoms with E-state index in [9.17, 15) is 8.42 Å². The van der Waals surface area contributed by atoms with Crippen LogP contribution in [0, 0.1) is 5.92 Å². The summed E-state index contributed by atoms with van der Waals surface area (Å²) in [4.78, 5) is 0. The summed E-state index contributed by atoms with van der Waals surface area (Å²) in [6.45, 7) is 5.12. The molecule has 5 heteroatoms. The minimum Gasteiger partial charge on any atom is -0.383 e. The van der Waals surface area contributed by atoms with Gasteiger partial charge in [-0.15, -0.1) is 0 Å². The number of sulfonamides is 1. The van der Waals surface area contributed by atoms with Gasteiger partial charge in [0.1, 0.15) is 0 Å². The summed E-state index contributed by atoms with van der Waals surface area (Å²) in [6, 6.07) is 7.31. The fourth-order valence-corrected chi connectivity index (χ4v) is 1.93. The van der Waals surface area contributed by atoms with Gasteiger partial charge >= 0.3 is 0 Å². The van der Waals surface area contributed by atoms with Crippen molar-refractivity contribution in [2.45, 2.75) is 20.3 Å². The van der Waals surface area contributed by atoms with Gasteiger partial charge < -0.3 is 5.32 Å². The molecule has 2 N–H and O–H groups in total. The van der Waals surface area contributed by atoms with Gasteiger partial charge in [-0.3, -0.25) is 4.72 Å². The molecule has 1 atom stereocenters. The molecular formula is C12H20N2O2S. The summed E-state index contributed by atoms with van der Waals surface area (Å²) in [6.07, 6.45) is 2.24. The Kier molecular flexibility index (Phi) is 4.81. The van der Waals surface area contributed by atoms with Gasteiger partial charge in [0.2, 0.25) is 10.0 Å².